The average Bonchev–Trinajstić information content (AvgIpc) is 1.97. The summed E-state index contributed by atoms with van der Waals surface area (Å²) in [6, 6.07) is 0. The van der Waals surface area contributed by atoms with E-state index >= 15 is 0 Å². The molecule has 0 aromatic rings. The van der Waals surface area contributed by atoms with Crippen molar-refractivity contribution in [3.8, 4) is 0 Å². The van der Waals surface area contributed by atoms with Gasteiger partial charge >= 0.3 is 0 Å². The molecule has 1 amide bonds. The molecule has 0 spiro atoms. The first-order chi connectivity index (χ1) is 4.75. The molecule has 1 heterocycles. The Balaban J connectivity index is 2.15. The first-order valence-corrected chi connectivity index (χ1v) is 4.00. The molecule has 1 saturated heterocycles. The van der Waals surface area contributed by atoms with Crippen molar-refractivity contribution in [3.05, 3.63) is 0 Å². The minimum absolute atomic E-state index is 0.341. The van der Waals surface area contributed by atoms with E-state index in [-0.39, 0.29) is 0 Å². The van der Waals surface area contributed by atoms with Crippen molar-refractivity contribution >= 4 is 5.91 Å². The zero-order valence-electron chi connectivity index (χ0n) is 6.76. The van der Waals surface area contributed by atoms with E-state index in [4.69, 9.17) is 0 Å². The van der Waals surface area contributed by atoms with Gasteiger partial charge in [-0.3, -0.25) is 4.79 Å². The fraction of sp³-hybridized carbons (Fsp3) is 0.875. The maximum atomic E-state index is 11.0. The Morgan fingerprint density at radius 1 is 1.70 bits per heavy atom. The lowest BCUT2D eigenvalue weighted by Gasteiger charge is -2.35. The van der Waals surface area contributed by atoms with Gasteiger partial charge in [0.05, 0.1) is 5.92 Å². The van der Waals surface area contributed by atoms with Gasteiger partial charge in [0, 0.05) is 13.6 Å². The topological polar surface area (TPSA) is 20.3 Å². The number of β-lactam (4-membered cyclic amide) rings is 1. The number of likely N-dealkylation sites (tertiary alicyclic amines) is 1. The molecule has 1 unspecified atom stereocenters. The number of hydrogen-bond donors (Lipinski definition) is 0. The van der Waals surface area contributed by atoms with E-state index in [1.165, 1.54) is 12.8 Å². The third-order valence-electron chi connectivity index (χ3n) is 2.13. The largest absolute Gasteiger partial charge is 0.345 e. The van der Waals surface area contributed by atoms with Crippen molar-refractivity contribution in [2.75, 3.05) is 13.6 Å². The van der Waals surface area contributed by atoms with E-state index in [0.717, 1.165) is 13.0 Å². The van der Waals surface area contributed by atoms with Gasteiger partial charge in [0.1, 0.15) is 0 Å². The van der Waals surface area contributed by atoms with Gasteiger partial charge in [-0.25, -0.2) is 0 Å². The smallest absolute Gasteiger partial charge is 0.227 e. The molecule has 0 N–H and O–H groups in total. The van der Waals surface area contributed by atoms with E-state index < -0.39 is 0 Å². The molecule has 1 atom stereocenters. The van der Waals surface area contributed by atoms with Crippen LogP contribution in [0.1, 0.15) is 26.2 Å². The maximum absolute atomic E-state index is 11.0. The monoisotopic (exact) mass is 141 g/mol. The zero-order valence-corrected chi connectivity index (χ0v) is 6.76. The predicted molar refractivity (Wildman–Crippen MR) is 40.7 cm³/mol. The zero-order chi connectivity index (χ0) is 7.56. The van der Waals surface area contributed by atoms with Crippen LogP contribution >= 0.6 is 0 Å². The molecule has 0 aromatic heterocycles. The lowest BCUT2D eigenvalue weighted by Crippen LogP contribution is -2.49. The quantitative estimate of drug-likeness (QED) is 0.542. The Labute approximate surface area is 62.2 Å². The normalized spacial score (nSPS) is 24.8. The maximum Gasteiger partial charge on any atom is 0.227 e. The summed E-state index contributed by atoms with van der Waals surface area (Å²) >= 11 is 0. The molecule has 1 aliphatic rings. The van der Waals surface area contributed by atoms with Crippen LogP contribution in [0.15, 0.2) is 0 Å². The molecule has 1 aliphatic heterocycles. The van der Waals surface area contributed by atoms with Gasteiger partial charge in [0.25, 0.3) is 0 Å². The molecular weight excluding hydrogens is 126 g/mol. The Morgan fingerprint density at radius 2 is 2.40 bits per heavy atom. The van der Waals surface area contributed by atoms with Crippen LogP contribution in [0.2, 0.25) is 0 Å². The van der Waals surface area contributed by atoms with E-state index in [1.807, 2.05) is 7.05 Å². The van der Waals surface area contributed by atoms with Crippen molar-refractivity contribution < 1.29 is 4.79 Å². The highest BCUT2D eigenvalue weighted by Gasteiger charge is 2.32. The SMILES string of the molecule is CCCCC1CN(C)C1=O. The van der Waals surface area contributed by atoms with Crippen LogP contribution in [0.5, 0.6) is 0 Å². The van der Waals surface area contributed by atoms with Gasteiger partial charge in [-0.2, -0.15) is 0 Å². The molecule has 0 saturated carbocycles. The molecule has 58 valence electrons. The van der Waals surface area contributed by atoms with E-state index in [2.05, 4.69) is 6.92 Å². The van der Waals surface area contributed by atoms with Gasteiger partial charge in [-0.15, -0.1) is 0 Å². The van der Waals surface area contributed by atoms with Crippen LogP contribution in [0.25, 0.3) is 0 Å². The number of hydrogen-bond acceptors (Lipinski definition) is 1. The molecule has 0 bridgehead atoms. The molecule has 0 aliphatic carbocycles. The summed E-state index contributed by atoms with van der Waals surface area (Å²) in [5, 5.41) is 0. The highest BCUT2D eigenvalue weighted by molar-refractivity contribution is 5.84. The molecular formula is C8H15NO. The number of rotatable bonds is 3. The third-order valence-corrected chi connectivity index (χ3v) is 2.13. The lowest BCUT2D eigenvalue weighted by molar-refractivity contribution is -0.145. The van der Waals surface area contributed by atoms with Crippen molar-refractivity contribution in [1.82, 2.24) is 4.90 Å². The van der Waals surface area contributed by atoms with E-state index in [9.17, 15) is 4.79 Å². The standard InChI is InChI=1S/C8H15NO/c1-3-4-5-7-6-9(2)8(7)10/h7H,3-6H2,1-2H3. The van der Waals surface area contributed by atoms with Crippen LogP contribution in [0.3, 0.4) is 0 Å². The van der Waals surface area contributed by atoms with Crippen LogP contribution in [0.4, 0.5) is 0 Å². The Bertz CT molecular complexity index is 133. The molecule has 10 heavy (non-hydrogen) atoms. The minimum Gasteiger partial charge on any atom is -0.345 e. The van der Waals surface area contributed by atoms with Gasteiger partial charge in [0.15, 0.2) is 0 Å². The lowest BCUT2D eigenvalue weighted by atomic mass is 9.94. The van der Waals surface area contributed by atoms with Crippen LogP contribution in [-0.4, -0.2) is 24.4 Å². The van der Waals surface area contributed by atoms with Crippen molar-refractivity contribution in [1.29, 1.82) is 0 Å². The fourth-order valence-corrected chi connectivity index (χ4v) is 1.36. The van der Waals surface area contributed by atoms with E-state index in [0.29, 0.717) is 11.8 Å². The van der Waals surface area contributed by atoms with Crippen LogP contribution in [-0.2, 0) is 4.79 Å². The first-order valence-electron chi connectivity index (χ1n) is 4.00. The number of carbonyl (C=O) groups excluding carboxylic acids is 1. The highest BCUT2D eigenvalue weighted by Crippen LogP contribution is 2.20. The molecule has 1 fully saturated rings. The Hall–Kier alpha value is -0.530. The number of nitrogens with zero attached hydrogens (tertiary/aromatic N) is 1. The minimum atomic E-state index is 0.341. The van der Waals surface area contributed by atoms with Crippen molar-refractivity contribution in [3.63, 3.8) is 0 Å². The number of carbonyl (C=O) groups is 1. The summed E-state index contributed by atoms with van der Waals surface area (Å²) in [6.07, 6.45) is 3.50. The molecule has 1 rings (SSSR count). The average molecular weight is 141 g/mol. The summed E-state index contributed by atoms with van der Waals surface area (Å²) in [5.74, 6) is 0.707. The predicted octanol–water partition coefficient (Wildman–Crippen LogP) is 1.26. The second-order valence-corrected chi connectivity index (χ2v) is 3.06. The van der Waals surface area contributed by atoms with Crippen LogP contribution in [0, 0.1) is 5.92 Å². The van der Waals surface area contributed by atoms with Crippen molar-refractivity contribution in [2.45, 2.75) is 26.2 Å². The van der Waals surface area contributed by atoms with Gasteiger partial charge in [-0.05, 0) is 6.42 Å². The van der Waals surface area contributed by atoms with E-state index in [1.54, 1.807) is 4.90 Å². The summed E-state index contributed by atoms with van der Waals surface area (Å²) in [6.45, 7) is 3.14. The molecule has 2 nitrogen and oxygen atoms in total. The van der Waals surface area contributed by atoms with Crippen molar-refractivity contribution in [2.24, 2.45) is 5.92 Å². The molecule has 0 radical (unpaired) electrons. The highest BCUT2D eigenvalue weighted by atomic mass is 16.2. The third kappa shape index (κ3) is 1.31. The number of amides is 1. The van der Waals surface area contributed by atoms with Gasteiger partial charge in [0.2, 0.25) is 5.91 Å². The fourth-order valence-electron chi connectivity index (χ4n) is 1.36. The Kier molecular flexibility index (Phi) is 2.30. The molecule has 2 heteroatoms. The second kappa shape index (κ2) is 3.04. The second-order valence-electron chi connectivity index (χ2n) is 3.06. The van der Waals surface area contributed by atoms with Crippen LogP contribution < -0.4 is 0 Å². The van der Waals surface area contributed by atoms with Gasteiger partial charge < -0.3 is 4.90 Å². The Morgan fingerprint density at radius 3 is 2.80 bits per heavy atom. The summed E-state index contributed by atoms with van der Waals surface area (Å²) in [7, 11) is 1.87. The number of unbranched alkanes of at least 4 members (excludes halogenated alkanes) is 1. The first kappa shape index (κ1) is 7.58. The summed E-state index contributed by atoms with van der Waals surface area (Å²) < 4.78 is 0. The molecule has 0 aromatic carbocycles. The summed E-state index contributed by atoms with van der Waals surface area (Å²) in [4.78, 5) is 12.8. The summed E-state index contributed by atoms with van der Waals surface area (Å²) in [5.41, 5.74) is 0. The van der Waals surface area contributed by atoms with Gasteiger partial charge in [-0.1, -0.05) is 19.8 Å².